The quantitative estimate of drug-likeness (QED) is 0.906. The molecule has 0 spiro atoms. The summed E-state index contributed by atoms with van der Waals surface area (Å²) in [6, 6.07) is 4.41. The Morgan fingerprint density at radius 3 is 2.37 bits per heavy atom. The van der Waals surface area contributed by atoms with E-state index in [0.29, 0.717) is 17.4 Å². The van der Waals surface area contributed by atoms with Crippen LogP contribution in [0.25, 0.3) is 0 Å². The van der Waals surface area contributed by atoms with Gasteiger partial charge in [0.05, 0.1) is 10.1 Å². The maximum atomic E-state index is 12.6. The average Bonchev–Trinajstić information content (AvgIpc) is 2.28. The van der Waals surface area contributed by atoms with Gasteiger partial charge < -0.3 is 5.32 Å². The number of benzene rings is 1. The molecule has 2 atom stereocenters. The highest BCUT2D eigenvalue weighted by atomic mass is 32.2. The van der Waals surface area contributed by atoms with Gasteiger partial charge in [-0.3, -0.25) is 0 Å². The molecule has 0 radical (unpaired) electrons. The zero-order valence-corrected chi connectivity index (χ0v) is 13.1. The van der Waals surface area contributed by atoms with Crippen molar-refractivity contribution in [2.45, 2.75) is 63.3 Å². The molecule has 0 aromatic heterocycles. The molecule has 0 saturated heterocycles. The minimum Gasteiger partial charge on any atom is -0.308 e. The van der Waals surface area contributed by atoms with Gasteiger partial charge in [-0.1, -0.05) is 26.0 Å². The zero-order valence-electron chi connectivity index (χ0n) is 12.3. The number of hydrogen-bond acceptors (Lipinski definition) is 3. The summed E-state index contributed by atoms with van der Waals surface area (Å²) in [4.78, 5) is 0.560. The van der Waals surface area contributed by atoms with Gasteiger partial charge in [0.1, 0.15) is 0 Å². The van der Waals surface area contributed by atoms with Gasteiger partial charge >= 0.3 is 0 Å². The number of nitrogens with one attached hydrogen (secondary N) is 1. The van der Waals surface area contributed by atoms with Crippen LogP contribution in [0.3, 0.4) is 0 Å². The van der Waals surface area contributed by atoms with Crippen LogP contribution in [0.15, 0.2) is 17.0 Å². The van der Waals surface area contributed by atoms with E-state index in [9.17, 15) is 8.42 Å². The Hall–Kier alpha value is -0.870. The first kappa shape index (κ1) is 14.5. The van der Waals surface area contributed by atoms with E-state index in [1.54, 1.807) is 0 Å². The van der Waals surface area contributed by atoms with Crippen LogP contribution in [0.2, 0.25) is 0 Å². The molecule has 2 unspecified atom stereocenters. The fourth-order valence-corrected chi connectivity index (χ4v) is 4.92. The second kappa shape index (κ2) is 4.91. The van der Waals surface area contributed by atoms with Crippen molar-refractivity contribution in [1.29, 1.82) is 0 Å². The van der Waals surface area contributed by atoms with Crippen LogP contribution in [-0.2, 0) is 9.84 Å². The third-order valence-electron chi connectivity index (χ3n) is 3.88. The Kier molecular flexibility index (Phi) is 3.76. The van der Waals surface area contributed by atoms with Gasteiger partial charge in [0.15, 0.2) is 9.84 Å². The molecule has 0 bridgehead atoms. The molecule has 19 heavy (non-hydrogen) atoms. The molecular formula is C15H23NO2S. The van der Waals surface area contributed by atoms with Crippen molar-refractivity contribution >= 4 is 9.84 Å². The first-order chi connectivity index (χ1) is 8.75. The SMILES string of the molecule is Cc1ccc(C)c2c1C(NC(C)C)CC(C)S2(=O)=O. The van der Waals surface area contributed by atoms with Crippen molar-refractivity contribution in [2.24, 2.45) is 0 Å². The first-order valence-corrected chi connectivity index (χ1v) is 8.39. The minimum atomic E-state index is -3.18. The zero-order chi connectivity index (χ0) is 14.4. The van der Waals surface area contributed by atoms with Crippen LogP contribution in [0.4, 0.5) is 0 Å². The molecule has 0 amide bonds. The van der Waals surface area contributed by atoms with Crippen molar-refractivity contribution in [3.05, 3.63) is 28.8 Å². The van der Waals surface area contributed by atoms with E-state index in [1.165, 1.54) is 0 Å². The van der Waals surface area contributed by atoms with Gasteiger partial charge in [-0.15, -0.1) is 0 Å². The van der Waals surface area contributed by atoms with E-state index in [-0.39, 0.29) is 11.3 Å². The van der Waals surface area contributed by atoms with Gasteiger partial charge in [-0.2, -0.15) is 0 Å². The molecule has 106 valence electrons. The summed E-state index contributed by atoms with van der Waals surface area (Å²) in [5, 5.41) is 3.19. The molecule has 1 aromatic rings. The lowest BCUT2D eigenvalue weighted by Gasteiger charge is -2.34. The first-order valence-electron chi connectivity index (χ1n) is 6.85. The van der Waals surface area contributed by atoms with E-state index in [0.717, 1.165) is 16.7 Å². The number of aryl methyl sites for hydroxylation is 2. The maximum absolute atomic E-state index is 12.6. The fourth-order valence-electron chi connectivity index (χ4n) is 2.95. The van der Waals surface area contributed by atoms with Gasteiger partial charge in [-0.05, 0) is 43.9 Å². The summed E-state index contributed by atoms with van der Waals surface area (Å²) in [6.45, 7) is 9.89. The van der Waals surface area contributed by atoms with Crippen LogP contribution in [0, 0.1) is 13.8 Å². The third-order valence-corrected chi connectivity index (χ3v) is 6.24. The smallest absolute Gasteiger partial charge is 0.181 e. The topological polar surface area (TPSA) is 46.2 Å². The van der Waals surface area contributed by atoms with E-state index < -0.39 is 9.84 Å². The van der Waals surface area contributed by atoms with Crippen LogP contribution in [0.5, 0.6) is 0 Å². The molecule has 0 saturated carbocycles. The Balaban J connectivity index is 2.68. The van der Waals surface area contributed by atoms with Gasteiger partial charge in [0.2, 0.25) is 0 Å². The largest absolute Gasteiger partial charge is 0.308 e. The highest BCUT2D eigenvalue weighted by Gasteiger charge is 2.38. The number of fused-ring (bicyclic) bond motifs is 1. The highest BCUT2D eigenvalue weighted by molar-refractivity contribution is 7.92. The van der Waals surface area contributed by atoms with Crippen LogP contribution in [-0.4, -0.2) is 19.7 Å². The molecule has 0 aliphatic carbocycles. The minimum absolute atomic E-state index is 0.133. The van der Waals surface area contributed by atoms with Crippen molar-refractivity contribution in [3.8, 4) is 0 Å². The molecule has 3 nitrogen and oxygen atoms in total. The monoisotopic (exact) mass is 281 g/mol. The standard InChI is InChI=1S/C15H23NO2S/c1-9(2)16-13-8-12(5)19(17,18)15-11(4)7-6-10(3)14(13)15/h6-7,9,12-13,16H,8H2,1-5H3. The Bertz CT molecular complexity index is 590. The van der Waals surface area contributed by atoms with Crippen molar-refractivity contribution in [2.75, 3.05) is 0 Å². The second-order valence-corrected chi connectivity index (χ2v) is 8.21. The van der Waals surface area contributed by atoms with Crippen LogP contribution >= 0.6 is 0 Å². The molecule has 1 aliphatic rings. The third kappa shape index (κ3) is 2.43. The number of sulfone groups is 1. The number of rotatable bonds is 2. The van der Waals surface area contributed by atoms with E-state index in [1.807, 2.05) is 32.9 Å². The van der Waals surface area contributed by atoms with Crippen molar-refractivity contribution < 1.29 is 8.42 Å². The van der Waals surface area contributed by atoms with Crippen molar-refractivity contribution in [1.82, 2.24) is 5.32 Å². The summed E-state index contributed by atoms with van der Waals surface area (Å²) in [6.07, 6.45) is 0.651. The summed E-state index contributed by atoms with van der Waals surface area (Å²) in [7, 11) is -3.18. The van der Waals surface area contributed by atoms with Gasteiger partial charge in [0, 0.05) is 12.1 Å². The molecule has 4 heteroatoms. The summed E-state index contributed by atoms with van der Waals surface area (Å²) >= 11 is 0. The van der Waals surface area contributed by atoms with E-state index >= 15 is 0 Å². The van der Waals surface area contributed by atoms with Gasteiger partial charge in [-0.25, -0.2) is 8.42 Å². The second-order valence-electron chi connectivity index (χ2n) is 5.91. The molecule has 1 N–H and O–H groups in total. The Labute approximate surface area is 116 Å². The summed E-state index contributed by atoms with van der Waals surface area (Å²) in [5.41, 5.74) is 2.91. The van der Waals surface area contributed by atoms with E-state index in [4.69, 9.17) is 0 Å². The fraction of sp³-hybridized carbons (Fsp3) is 0.600. The molecule has 1 aromatic carbocycles. The lowest BCUT2D eigenvalue weighted by Crippen LogP contribution is -2.38. The van der Waals surface area contributed by atoms with Gasteiger partial charge in [0.25, 0.3) is 0 Å². The molecule has 1 aliphatic heterocycles. The predicted molar refractivity (Wildman–Crippen MR) is 78.2 cm³/mol. The highest BCUT2D eigenvalue weighted by Crippen LogP contribution is 2.40. The maximum Gasteiger partial charge on any atom is 0.181 e. The lowest BCUT2D eigenvalue weighted by molar-refractivity contribution is 0.426. The van der Waals surface area contributed by atoms with E-state index in [2.05, 4.69) is 19.2 Å². The summed E-state index contributed by atoms with van der Waals surface area (Å²) in [5.74, 6) is 0. The Morgan fingerprint density at radius 1 is 1.21 bits per heavy atom. The molecule has 0 fully saturated rings. The lowest BCUT2D eigenvalue weighted by atomic mass is 9.94. The normalized spacial score (nSPS) is 25.4. The predicted octanol–water partition coefficient (Wildman–Crippen LogP) is 2.91. The molecule has 2 rings (SSSR count). The number of hydrogen-bond donors (Lipinski definition) is 1. The van der Waals surface area contributed by atoms with Crippen LogP contribution in [0.1, 0.15) is 49.9 Å². The van der Waals surface area contributed by atoms with Crippen molar-refractivity contribution in [3.63, 3.8) is 0 Å². The Morgan fingerprint density at radius 2 is 1.79 bits per heavy atom. The molecular weight excluding hydrogens is 258 g/mol. The van der Waals surface area contributed by atoms with Crippen LogP contribution < -0.4 is 5.32 Å². The summed E-state index contributed by atoms with van der Waals surface area (Å²) < 4.78 is 25.2. The average molecular weight is 281 g/mol. The molecule has 1 heterocycles.